The van der Waals surface area contributed by atoms with E-state index in [1.165, 1.54) is 25.9 Å². The third-order valence-electron chi connectivity index (χ3n) is 4.25. The number of hydrogen-bond donors (Lipinski definition) is 2. The number of nitrogens with zero attached hydrogens (tertiary/aromatic N) is 2. The lowest BCUT2D eigenvalue weighted by atomic mass is 9.80. The molecule has 0 bridgehead atoms. The third-order valence-corrected chi connectivity index (χ3v) is 4.25. The van der Waals surface area contributed by atoms with Crippen molar-refractivity contribution < 1.29 is 4.79 Å². The van der Waals surface area contributed by atoms with Crippen molar-refractivity contribution in [3.63, 3.8) is 0 Å². The van der Waals surface area contributed by atoms with Crippen LogP contribution in [-0.4, -0.2) is 68.7 Å². The summed E-state index contributed by atoms with van der Waals surface area (Å²) in [6.45, 7) is 9.21. The van der Waals surface area contributed by atoms with Crippen molar-refractivity contribution in [2.75, 3.05) is 52.9 Å². The van der Waals surface area contributed by atoms with Crippen molar-refractivity contribution in [3.8, 4) is 0 Å². The number of urea groups is 1. The highest BCUT2D eigenvalue weighted by Crippen LogP contribution is 2.29. The first-order valence-corrected chi connectivity index (χ1v) is 7.01. The van der Waals surface area contributed by atoms with Crippen molar-refractivity contribution in [2.45, 2.75) is 19.8 Å². The van der Waals surface area contributed by atoms with Crippen LogP contribution in [0.2, 0.25) is 0 Å². The number of hydrogen-bond acceptors (Lipinski definition) is 3. The van der Waals surface area contributed by atoms with E-state index in [9.17, 15) is 4.79 Å². The van der Waals surface area contributed by atoms with Crippen molar-refractivity contribution in [2.24, 2.45) is 5.41 Å². The van der Waals surface area contributed by atoms with Crippen LogP contribution in [0.4, 0.5) is 4.79 Å². The Labute approximate surface area is 110 Å². The molecule has 0 atom stereocenters. The fourth-order valence-electron chi connectivity index (χ4n) is 2.66. The van der Waals surface area contributed by atoms with Crippen molar-refractivity contribution in [1.82, 2.24) is 20.4 Å². The summed E-state index contributed by atoms with van der Waals surface area (Å²) in [5.74, 6) is 0. The van der Waals surface area contributed by atoms with E-state index in [4.69, 9.17) is 0 Å². The van der Waals surface area contributed by atoms with Crippen molar-refractivity contribution in [1.29, 1.82) is 0 Å². The highest BCUT2D eigenvalue weighted by molar-refractivity contribution is 5.76. The molecule has 2 aliphatic heterocycles. The Morgan fingerprint density at radius 1 is 1.33 bits per heavy atom. The van der Waals surface area contributed by atoms with Gasteiger partial charge in [-0.15, -0.1) is 0 Å². The number of nitrogens with one attached hydrogen (secondary N) is 2. The molecule has 0 spiro atoms. The molecule has 2 aliphatic rings. The van der Waals surface area contributed by atoms with Gasteiger partial charge in [0.2, 0.25) is 0 Å². The van der Waals surface area contributed by atoms with E-state index in [0.29, 0.717) is 5.41 Å². The van der Waals surface area contributed by atoms with Gasteiger partial charge in [0.1, 0.15) is 0 Å². The van der Waals surface area contributed by atoms with Gasteiger partial charge < -0.3 is 20.4 Å². The molecule has 2 rings (SSSR count). The zero-order valence-corrected chi connectivity index (χ0v) is 11.7. The summed E-state index contributed by atoms with van der Waals surface area (Å²) in [4.78, 5) is 15.6. The van der Waals surface area contributed by atoms with Gasteiger partial charge in [-0.25, -0.2) is 4.79 Å². The number of piperidine rings is 1. The Hall–Kier alpha value is -0.810. The molecular formula is C13H26N4O. The summed E-state index contributed by atoms with van der Waals surface area (Å²) >= 11 is 0. The average molecular weight is 254 g/mol. The molecule has 5 heteroatoms. The number of likely N-dealkylation sites (tertiary alicyclic amines) is 1. The highest BCUT2D eigenvalue weighted by atomic mass is 16.2. The molecule has 18 heavy (non-hydrogen) atoms. The van der Waals surface area contributed by atoms with Gasteiger partial charge >= 0.3 is 6.03 Å². The van der Waals surface area contributed by atoms with E-state index < -0.39 is 0 Å². The second kappa shape index (κ2) is 5.89. The molecule has 0 unspecified atom stereocenters. The van der Waals surface area contributed by atoms with Gasteiger partial charge in [0, 0.05) is 32.7 Å². The van der Waals surface area contributed by atoms with E-state index in [0.717, 1.165) is 32.7 Å². The van der Waals surface area contributed by atoms with Crippen LogP contribution in [0.15, 0.2) is 0 Å². The van der Waals surface area contributed by atoms with Crippen LogP contribution >= 0.6 is 0 Å². The SMILES string of the molecule is CN1CCC(C)(CNCCN2CCNC2=O)CC1. The Morgan fingerprint density at radius 2 is 2.06 bits per heavy atom. The van der Waals surface area contributed by atoms with Crippen LogP contribution in [0, 0.1) is 5.41 Å². The van der Waals surface area contributed by atoms with Crippen LogP contribution in [-0.2, 0) is 0 Å². The monoisotopic (exact) mass is 254 g/mol. The van der Waals surface area contributed by atoms with Crippen LogP contribution in [0.5, 0.6) is 0 Å². The minimum Gasteiger partial charge on any atom is -0.336 e. The molecule has 104 valence electrons. The van der Waals surface area contributed by atoms with E-state index in [1.54, 1.807) is 0 Å². The number of rotatable bonds is 5. The molecule has 2 amide bonds. The summed E-state index contributed by atoms with van der Waals surface area (Å²) in [5, 5.41) is 6.34. The van der Waals surface area contributed by atoms with E-state index in [-0.39, 0.29) is 6.03 Å². The topological polar surface area (TPSA) is 47.6 Å². The zero-order valence-electron chi connectivity index (χ0n) is 11.7. The van der Waals surface area contributed by atoms with Gasteiger partial charge in [-0.05, 0) is 38.4 Å². The molecule has 0 aromatic heterocycles. The van der Waals surface area contributed by atoms with Crippen LogP contribution < -0.4 is 10.6 Å². The van der Waals surface area contributed by atoms with Crippen LogP contribution in [0.25, 0.3) is 0 Å². The average Bonchev–Trinajstić information content (AvgIpc) is 2.75. The van der Waals surface area contributed by atoms with Gasteiger partial charge in [0.15, 0.2) is 0 Å². The molecule has 0 aromatic carbocycles. The standard InChI is InChI=1S/C13H26N4O/c1-13(3-7-16(2)8-4-13)11-14-5-9-17-10-6-15-12(17)18/h14H,3-11H2,1-2H3,(H,15,18). The molecular weight excluding hydrogens is 228 g/mol. The van der Waals surface area contributed by atoms with Gasteiger partial charge in [-0.1, -0.05) is 6.92 Å². The lowest BCUT2D eigenvalue weighted by molar-refractivity contribution is 0.136. The number of carbonyl (C=O) groups excluding carboxylic acids is 1. The minimum atomic E-state index is 0.0855. The molecule has 0 aliphatic carbocycles. The van der Waals surface area contributed by atoms with Crippen molar-refractivity contribution in [3.05, 3.63) is 0 Å². The van der Waals surface area contributed by atoms with Gasteiger partial charge in [-0.3, -0.25) is 0 Å². The first kappa shape index (κ1) is 13.6. The normalized spacial score (nSPS) is 24.3. The first-order valence-electron chi connectivity index (χ1n) is 7.01. The smallest absolute Gasteiger partial charge is 0.317 e. The minimum absolute atomic E-state index is 0.0855. The van der Waals surface area contributed by atoms with Gasteiger partial charge in [0.05, 0.1) is 0 Å². The molecule has 2 N–H and O–H groups in total. The Morgan fingerprint density at radius 3 is 2.67 bits per heavy atom. The Balaban J connectivity index is 1.61. The first-order chi connectivity index (χ1) is 8.59. The predicted octanol–water partition coefficient (Wildman–Crippen LogP) is 0.333. The third kappa shape index (κ3) is 3.59. The zero-order chi connectivity index (χ0) is 13.0. The molecule has 0 radical (unpaired) electrons. The summed E-state index contributed by atoms with van der Waals surface area (Å²) in [5.41, 5.74) is 0.430. The maximum Gasteiger partial charge on any atom is 0.317 e. The number of amides is 2. The van der Waals surface area contributed by atoms with E-state index in [2.05, 4.69) is 29.5 Å². The second-order valence-electron chi connectivity index (χ2n) is 6.01. The summed E-state index contributed by atoms with van der Waals surface area (Å²) < 4.78 is 0. The van der Waals surface area contributed by atoms with Gasteiger partial charge in [-0.2, -0.15) is 0 Å². The molecule has 2 heterocycles. The van der Waals surface area contributed by atoms with Gasteiger partial charge in [0.25, 0.3) is 0 Å². The highest BCUT2D eigenvalue weighted by Gasteiger charge is 2.28. The fourth-order valence-corrected chi connectivity index (χ4v) is 2.66. The Kier molecular flexibility index (Phi) is 4.45. The van der Waals surface area contributed by atoms with Crippen molar-refractivity contribution >= 4 is 6.03 Å². The predicted molar refractivity (Wildman–Crippen MR) is 72.7 cm³/mol. The molecule has 5 nitrogen and oxygen atoms in total. The molecule has 2 saturated heterocycles. The molecule has 2 fully saturated rings. The lowest BCUT2D eigenvalue weighted by Gasteiger charge is -2.38. The summed E-state index contributed by atoms with van der Waals surface area (Å²) in [6.07, 6.45) is 2.53. The number of carbonyl (C=O) groups is 1. The Bertz CT molecular complexity index is 287. The maximum atomic E-state index is 11.4. The summed E-state index contributed by atoms with van der Waals surface area (Å²) in [6, 6.07) is 0.0855. The molecule has 0 aromatic rings. The van der Waals surface area contributed by atoms with E-state index in [1.807, 2.05) is 4.90 Å². The second-order valence-corrected chi connectivity index (χ2v) is 6.01. The fraction of sp³-hybridized carbons (Fsp3) is 0.923. The lowest BCUT2D eigenvalue weighted by Crippen LogP contribution is -2.43. The largest absolute Gasteiger partial charge is 0.336 e. The van der Waals surface area contributed by atoms with E-state index >= 15 is 0 Å². The van der Waals surface area contributed by atoms with Crippen LogP contribution in [0.3, 0.4) is 0 Å². The van der Waals surface area contributed by atoms with Crippen LogP contribution in [0.1, 0.15) is 19.8 Å². The maximum absolute atomic E-state index is 11.4. The summed E-state index contributed by atoms with van der Waals surface area (Å²) in [7, 11) is 2.19. The quantitative estimate of drug-likeness (QED) is 0.695. The molecule has 0 saturated carbocycles.